The molecule has 6 nitrogen and oxygen atoms in total. The van der Waals surface area contributed by atoms with Crippen molar-refractivity contribution >= 4 is 17.7 Å². The van der Waals surface area contributed by atoms with Gasteiger partial charge in [0.15, 0.2) is 11.5 Å². The van der Waals surface area contributed by atoms with E-state index in [2.05, 4.69) is 4.74 Å². The minimum atomic E-state index is -4.83. The molecule has 160 valence electrons. The van der Waals surface area contributed by atoms with Crippen molar-refractivity contribution in [3.05, 3.63) is 53.6 Å². The van der Waals surface area contributed by atoms with Crippen LogP contribution < -0.4 is 19.1 Å². The molecule has 9 heteroatoms. The Morgan fingerprint density at radius 1 is 1.20 bits per heavy atom. The van der Waals surface area contributed by atoms with Gasteiger partial charge in [0.05, 0.1) is 19.4 Å². The lowest BCUT2D eigenvalue weighted by atomic mass is 10.1. The van der Waals surface area contributed by atoms with Crippen LogP contribution in [-0.4, -0.2) is 44.2 Å². The molecule has 0 saturated heterocycles. The van der Waals surface area contributed by atoms with Crippen molar-refractivity contribution in [2.45, 2.75) is 12.8 Å². The normalized spacial score (nSPS) is 13.4. The number of amides is 1. The fourth-order valence-corrected chi connectivity index (χ4v) is 3.14. The standard InChI is InChI=1S/C21H20F3NO5/c1-28-18-12-15-8-9-25(16(15)13-19(18)29-11-10-26)20(27)7-6-14-4-2-3-5-17(14)30-21(22,23)24/h2-7,12-13,26H,8-11H2,1H3. The number of halogens is 3. The van der Waals surface area contributed by atoms with Gasteiger partial charge >= 0.3 is 6.36 Å². The van der Waals surface area contributed by atoms with Crippen molar-refractivity contribution in [1.82, 2.24) is 0 Å². The topological polar surface area (TPSA) is 68.2 Å². The van der Waals surface area contributed by atoms with E-state index >= 15 is 0 Å². The van der Waals surface area contributed by atoms with Crippen molar-refractivity contribution in [2.24, 2.45) is 0 Å². The molecular weight excluding hydrogens is 403 g/mol. The summed E-state index contributed by atoms with van der Waals surface area (Å²) in [5.41, 5.74) is 1.63. The van der Waals surface area contributed by atoms with E-state index in [4.69, 9.17) is 14.6 Å². The van der Waals surface area contributed by atoms with Crippen LogP contribution in [0, 0.1) is 0 Å². The summed E-state index contributed by atoms with van der Waals surface area (Å²) in [6.45, 7) is 0.301. The number of carbonyl (C=O) groups excluding carboxylic acids is 1. The van der Waals surface area contributed by atoms with Crippen LogP contribution in [0.3, 0.4) is 0 Å². The molecule has 1 heterocycles. The lowest BCUT2D eigenvalue weighted by Crippen LogP contribution is -2.26. The number of hydrogen-bond acceptors (Lipinski definition) is 5. The highest BCUT2D eigenvalue weighted by atomic mass is 19.4. The Bertz CT molecular complexity index is 943. The van der Waals surface area contributed by atoms with E-state index in [-0.39, 0.29) is 24.5 Å². The third kappa shape index (κ3) is 5.04. The van der Waals surface area contributed by atoms with Gasteiger partial charge in [-0.2, -0.15) is 0 Å². The average molecular weight is 423 g/mol. The molecule has 0 unspecified atom stereocenters. The number of carbonyl (C=O) groups is 1. The molecule has 0 aliphatic carbocycles. The fraction of sp³-hybridized carbons (Fsp3) is 0.286. The SMILES string of the molecule is COc1cc2c(cc1OCCO)N(C(=O)C=Cc1ccccc1OC(F)(F)F)CC2. The summed E-state index contributed by atoms with van der Waals surface area (Å²) >= 11 is 0. The van der Waals surface area contributed by atoms with Crippen LogP contribution in [0.4, 0.5) is 18.9 Å². The van der Waals surface area contributed by atoms with Crippen LogP contribution in [0.5, 0.6) is 17.2 Å². The second-order valence-corrected chi connectivity index (χ2v) is 6.36. The van der Waals surface area contributed by atoms with Crippen LogP contribution in [-0.2, 0) is 11.2 Å². The number of hydrogen-bond donors (Lipinski definition) is 1. The summed E-state index contributed by atoms with van der Waals surface area (Å²) in [7, 11) is 1.49. The maximum absolute atomic E-state index is 12.7. The number of fused-ring (bicyclic) bond motifs is 1. The van der Waals surface area contributed by atoms with E-state index in [0.29, 0.717) is 30.2 Å². The summed E-state index contributed by atoms with van der Waals surface area (Å²) in [6, 6.07) is 9.00. The summed E-state index contributed by atoms with van der Waals surface area (Å²) in [5.74, 6) is 0.0947. The molecule has 0 atom stereocenters. The first kappa shape index (κ1) is 21.5. The average Bonchev–Trinajstić information content (AvgIpc) is 3.12. The van der Waals surface area contributed by atoms with Gasteiger partial charge in [-0.3, -0.25) is 4.79 Å². The van der Waals surface area contributed by atoms with E-state index in [1.807, 2.05) is 0 Å². The Kier molecular flexibility index (Phi) is 6.51. The summed E-state index contributed by atoms with van der Waals surface area (Å²) in [5, 5.41) is 8.98. The van der Waals surface area contributed by atoms with Gasteiger partial charge in [-0.1, -0.05) is 18.2 Å². The number of rotatable bonds is 7. The first-order chi connectivity index (χ1) is 14.3. The van der Waals surface area contributed by atoms with Gasteiger partial charge in [0.1, 0.15) is 12.4 Å². The predicted molar refractivity (Wildman–Crippen MR) is 104 cm³/mol. The highest BCUT2D eigenvalue weighted by molar-refractivity contribution is 6.05. The molecule has 1 amide bonds. The molecule has 30 heavy (non-hydrogen) atoms. The highest BCUT2D eigenvalue weighted by Crippen LogP contribution is 2.39. The number of nitrogens with zero attached hydrogens (tertiary/aromatic N) is 1. The molecule has 2 aromatic carbocycles. The van der Waals surface area contributed by atoms with Crippen molar-refractivity contribution in [3.8, 4) is 17.2 Å². The maximum atomic E-state index is 12.7. The lowest BCUT2D eigenvalue weighted by molar-refractivity contribution is -0.274. The summed E-state index contributed by atoms with van der Waals surface area (Å²) in [4.78, 5) is 14.2. The monoisotopic (exact) mass is 423 g/mol. The fourth-order valence-electron chi connectivity index (χ4n) is 3.14. The molecule has 0 fully saturated rings. The maximum Gasteiger partial charge on any atom is 0.573 e. The van der Waals surface area contributed by atoms with Crippen molar-refractivity contribution < 1.29 is 37.3 Å². The Hall–Kier alpha value is -3.20. The molecular formula is C21H20F3NO5. The van der Waals surface area contributed by atoms with E-state index in [9.17, 15) is 18.0 Å². The van der Waals surface area contributed by atoms with Gasteiger partial charge in [-0.05, 0) is 30.2 Å². The third-order valence-corrected chi connectivity index (χ3v) is 4.43. The van der Waals surface area contributed by atoms with Crippen LogP contribution >= 0.6 is 0 Å². The zero-order chi connectivity index (χ0) is 21.7. The van der Waals surface area contributed by atoms with E-state index in [1.165, 1.54) is 42.4 Å². The Labute approximate surface area is 171 Å². The van der Waals surface area contributed by atoms with E-state index in [0.717, 1.165) is 5.56 Å². The molecule has 0 bridgehead atoms. The van der Waals surface area contributed by atoms with Crippen LogP contribution in [0.15, 0.2) is 42.5 Å². The number of aliphatic hydroxyl groups is 1. The first-order valence-corrected chi connectivity index (χ1v) is 9.11. The van der Waals surface area contributed by atoms with E-state index < -0.39 is 12.3 Å². The van der Waals surface area contributed by atoms with Gasteiger partial charge in [0.2, 0.25) is 0 Å². The Morgan fingerprint density at radius 3 is 2.67 bits per heavy atom. The van der Waals surface area contributed by atoms with Crippen LogP contribution in [0.2, 0.25) is 0 Å². The number of anilines is 1. The minimum Gasteiger partial charge on any atom is -0.493 e. The second-order valence-electron chi connectivity index (χ2n) is 6.36. The zero-order valence-electron chi connectivity index (χ0n) is 16.1. The number of para-hydroxylation sites is 1. The van der Waals surface area contributed by atoms with Crippen LogP contribution in [0.1, 0.15) is 11.1 Å². The molecule has 2 aromatic rings. The van der Waals surface area contributed by atoms with Gasteiger partial charge in [-0.15, -0.1) is 13.2 Å². The van der Waals surface area contributed by atoms with Gasteiger partial charge in [0, 0.05) is 24.3 Å². The minimum absolute atomic E-state index is 0.0684. The predicted octanol–water partition coefficient (Wildman–Crippen LogP) is 3.57. The Balaban J connectivity index is 1.82. The zero-order valence-corrected chi connectivity index (χ0v) is 16.1. The highest BCUT2D eigenvalue weighted by Gasteiger charge is 2.32. The molecule has 0 spiro atoms. The largest absolute Gasteiger partial charge is 0.573 e. The van der Waals surface area contributed by atoms with Crippen molar-refractivity contribution in [2.75, 3.05) is 31.8 Å². The number of alkyl halides is 3. The number of methoxy groups -OCH3 is 1. The summed E-state index contributed by atoms with van der Waals surface area (Å²) < 4.78 is 52.4. The lowest BCUT2D eigenvalue weighted by Gasteiger charge is -2.18. The van der Waals surface area contributed by atoms with Gasteiger partial charge < -0.3 is 24.2 Å². The molecule has 1 aliphatic rings. The first-order valence-electron chi connectivity index (χ1n) is 9.11. The molecule has 0 aromatic heterocycles. The third-order valence-electron chi connectivity index (χ3n) is 4.43. The molecule has 3 rings (SSSR count). The molecule has 1 N–H and O–H groups in total. The number of benzene rings is 2. The van der Waals surface area contributed by atoms with Gasteiger partial charge in [0.25, 0.3) is 5.91 Å². The number of aliphatic hydroxyl groups excluding tert-OH is 1. The van der Waals surface area contributed by atoms with Gasteiger partial charge in [-0.25, -0.2) is 0 Å². The molecule has 0 radical (unpaired) electrons. The van der Waals surface area contributed by atoms with Crippen molar-refractivity contribution in [3.63, 3.8) is 0 Å². The smallest absolute Gasteiger partial charge is 0.493 e. The summed E-state index contributed by atoms with van der Waals surface area (Å²) in [6.07, 6.45) is -1.74. The Morgan fingerprint density at radius 2 is 1.97 bits per heavy atom. The number of ether oxygens (including phenoxy) is 3. The van der Waals surface area contributed by atoms with Crippen LogP contribution in [0.25, 0.3) is 6.08 Å². The molecule has 1 aliphatic heterocycles. The quantitative estimate of drug-likeness (QED) is 0.690. The van der Waals surface area contributed by atoms with E-state index in [1.54, 1.807) is 18.2 Å². The molecule has 0 saturated carbocycles. The second kappa shape index (κ2) is 9.08. The van der Waals surface area contributed by atoms with Crippen molar-refractivity contribution in [1.29, 1.82) is 0 Å².